The van der Waals surface area contributed by atoms with Crippen LogP contribution in [-0.4, -0.2) is 36.1 Å². The Bertz CT molecular complexity index is 907. The number of rotatable bonds is 6. The van der Waals surface area contributed by atoms with E-state index in [1.807, 2.05) is 30.3 Å². The van der Waals surface area contributed by atoms with Crippen LogP contribution in [0.1, 0.15) is 36.6 Å². The Kier molecular flexibility index (Phi) is 6.18. The molecular formula is C22H24N2O5. The zero-order chi connectivity index (χ0) is 21.0. The molecule has 7 nitrogen and oxygen atoms in total. The first kappa shape index (κ1) is 20.8. The summed E-state index contributed by atoms with van der Waals surface area (Å²) < 4.78 is 16.7. The van der Waals surface area contributed by atoms with Gasteiger partial charge in [-0.25, -0.2) is 0 Å². The summed E-state index contributed by atoms with van der Waals surface area (Å²) in [7, 11) is 1.38. The molecule has 0 saturated carbocycles. The normalized spacial score (nSPS) is 20.7. The third-order valence-electron chi connectivity index (χ3n) is 4.85. The van der Waals surface area contributed by atoms with Gasteiger partial charge < -0.3 is 24.6 Å². The highest BCUT2D eigenvalue weighted by Crippen LogP contribution is 2.40. The number of carbonyl (C=O) groups is 1. The summed E-state index contributed by atoms with van der Waals surface area (Å²) in [6.07, 6.45) is -2.20. The van der Waals surface area contributed by atoms with Crippen LogP contribution in [0.2, 0.25) is 0 Å². The molecule has 0 aromatic heterocycles. The number of nitrogens with zero attached hydrogens (tertiary/aromatic N) is 1. The smallest absolute Gasteiger partial charge is 0.277 e. The van der Waals surface area contributed by atoms with Crippen LogP contribution in [0.4, 0.5) is 0 Å². The molecule has 0 fully saturated rings. The van der Waals surface area contributed by atoms with Crippen molar-refractivity contribution in [1.82, 2.24) is 5.32 Å². The molecule has 7 heteroatoms. The van der Waals surface area contributed by atoms with E-state index in [2.05, 4.69) is 11.4 Å². The summed E-state index contributed by atoms with van der Waals surface area (Å²) >= 11 is 0. The molecule has 1 aliphatic heterocycles. The molecule has 0 spiro atoms. The lowest BCUT2D eigenvalue weighted by atomic mass is 9.86. The molecule has 0 radical (unpaired) electrons. The van der Waals surface area contributed by atoms with E-state index in [0.29, 0.717) is 16.9 Å². The number of benzene rings is 2. The van der Waals surface area contributed by atoms with E-state index < -0.39 is 29.9 Å². The zero-order valence-electron chi connectivity index (χ0n) is 16.6. The van der Waals surface area contributed by atoms with Crippen molar-refractivity contribution in [1.29, 1.82) is 5.26 Å². The molecule has 0 saturated heterocycles. The van der Waals surface area contributed by atoms with Crippen LogP contribution >= 0.6 is 0 Å². The second-order valence-corrected chi connectivity index (χ2v) is 7.37. The minimum atomic E-state index is -1.16. The summed E-state index contributed by atoms with van der Waals surface area (Å²) in [6.45, 7) is 3.67. The number of nitriles is 1. The van der Waals surface area contributed by atoms with E-state index in [-0.39, 0.29) is 6.61 Å². The number of carbonyl (C=O) groups excluding carboxylic acids is 1. The van der Waals surface area contributed by atoms with Crippen LogP contribution in [0.15, 0.2) is 48.5 Å². The van der Waals surface area contributed by atoms with Gasteiger partial charge in [0.15, 0.2) is 0 Å². The Balaban J connectivity index is 1.79. The van der Waals surface area contributed by atoms with Crippen molar-refractivity contribution in [2.75, 3.05) is 7.11 Å². The molecule has 0 aliphatic carbocycles. The van der Waals surface area contributed by atoms with Crippen molar-refractivity contribution in [3.8, 4) is 11.8 Å². The molecule has 2 aromatic carbocycles. The number of ether oxygens (including phenoxy) is 3. The summed E-state index contributed by atoms with van der Waals surface area (Å²) in [5.74, 6) is -0.0257. The quantitative estimate of drug-likeness (QED) is 0.728. The fraction of sp³-hybridized carbons (Fsp3) is 0.364. The first-order chi connectivity index (χ1) is 13.9. The Labute approximate surface area is 169 Å². The monoisotopic (exact) mass is 396 g/mol. The fourth-order valence-electron chi connectivity index (χ4n) is 3.24. The van der Waals surface area contributed by atoms with Crippen LogP contribution in [0, 0.1) is 11.3 Å². The maximum absolute atomic E-state index is 12.8. The number of fused-ring (bicyclic) bond motifs is 1. The minimum absolute atomic E-state index is 0.198. The summed E-state index contributed by atoms with van der Waals surface area (Å²) in [6, 6.07) is 15.6. The molecule has 3 unspecified atom stereocenters. The number of hydrogen-bond acceptors (Lipinski definition) is 6. The molecule has 0 bridgehead atoms. The highest BCUT2D eigenvalue weighted by atomic mass is 16.7. The molecule has 29 heavy (non-hydrogen) atoms. The molecule has 3 atom stereocenters. The van der Waals surface area contributed by atoms with Crippen molar-refractivity contribution in [2.45, 2.75) is 44.5 Å². The van der Waals surface area contributed by atoms with Gasteiger partial charge in [-0.05, 0) is 37.6 Å². The van der Waals surface area contributed by atoms with Gasteiger partial charge in [-0.1, -0.05) is 30.3 Å². The Hall–Kier alpha value is -2.92. The fourth-order valence-corrected chi connectivity index (χ4v) is 3.24. The van der Waals surface area contributed by atoms with E-state index in [4.69, 9.17) is 14.2 Å². The molecule has 3 rings (SSSR count). The van der Waals surface area contributed by atoms with Crippen LogP contribution < -0.4 is 10.1 Å². The molecule has 152 valence electrons. The lowest BCUT2D eigenvalue weighted by molar-refractivity contribution is -0.171. The van der Waals surface area contributed by atoms with Crippen molar-refractivity contribution in [2.24, 2.45) is 0 Å². The Morgan fingerprint density at radius 2 is 2.03 bits per heavy atom. The lowest BCUT2D eigenvalue weighted by Gasteiger charge is -2.42. The first-order valence-corrected chi connectivity index (χ1v) is 9.25. The average Bonchev–Trinajstić information content (AvgIpc) is 2.72. The second-order valence-electron chi connectivity index (χ2n) is 7.37. The van der Waals surface area contributed by atoms with Gasteiger partial charge in [0.1, 0.15) is 17.5 Å². The SMILES string of the molecule is COC(OCc1ccccc1)C(=O)NC1c2cc(C#N)ccc2OC(C)(C)C1O. The number of methoxy groups -OCH3 is 1. The second kappa shape index (κ2) is 8.62. The summed E-state index contributed by atoms with van der Waals surface area (Å²) in [5.41, 5.74) is 0.898. The molecule has 1 amide bonds. The number of hydrogen-bond donors (Lipinski definition) is 2. The van der Waals surface area contributed by atoms with Crippen molar-refractivity contribution in [3.05, 3.63) is 65.2 Å². The van der Waals surface area contributed by atoms with Gasteiger partial charge in [-0.2, -0.15) is 5.26 Å². The maximum Gasteiger partial charge on any atom is 0.277 e. The number of aliphatic hydroxyl groups is 1. The molecule has 1 aliphatic rings. The number of amides is 1. The predicted molar refractivity (Wildman–Crippen MR) is 105 cm³/mol. The molecule has 1 heterocycles. The number of nitrogens with one attached hydrogen (secondary N) is 1. The largest absolute Gasteiger partial charge is 0.485 e. The van der Waals surface area contributed by atoms with Crippen LogP contribution in [0.3, 0.4) is 0 Å². The van der Waals surface area contributed by atoms with E-state index in [9.17, 15) is 15.2 Å². The van der Waals surface area contributed by atoms with Gasteiger partial charge in [-0.15, -0.1) is 0 Å². The number of aliphatic hydroxyl groups excluding tert-OH is 1. The third-order valence-corrected chi connectivity index (χ3v) is 4.85. The lowest BCUT2D eigenvalue weighted by Crippen LogP contribution is -2.55. The van der Waals surface area contributed by atoms with Crippen LogP contribution in [0.25, 0.3) is 0 Å². The van der Waals surface area contributed by atoms with Crippen molar-refractivity contribution in [3.63, 3.8) is 0 Å². The average molecular weight is 396 g/mol. The van der Waals surface area contributed by atoms with Gasteiger partial charge >= 0.3 is 0 Å². The Morgan fingerprint density at radius 1 is 1.31 bits per heavy atom. The standard InChI is InChI=1S/C22H24N2O5/c1-22(2)19(25)18(16-11-15(12-23)9-10-17(16)29-22)24-20(26)21(27-3)28-13-14-7-5-4-6-8-14/h4-11,18-19,21,25H,13H2,1-3H3,(H,24,26). The van der Waals surface area contributed by atoms with Crippen LogP contribution in [0.5, 0.6) is 5.75 Å². The molecule has 2 N–H and O–H groups in total. The van der Waals surface area contributed by atoms with Gasteiger partial charge in [0.05, 0.1) is 24.3 Å². The van der Waals surface area contributed by atoms with Gasteiger partial charge in [0, 0.05) is 12.7 Å². The predicted octanol–water partition coefficient (Wildman–Crippen LogP) is 2.44. The Morgan fingerprint density at radius 3 is 2.69 bits per heavy atom. The summed E-state index contributed by atoms with van der Waals surface area (Å²) in [5, 5.41) is 22.8. The van der Waals surface area contributed by atoms with Crippen molar-refractivity contribution < 1.29 is 24.1 Å². The van der Waals surface area contributed by atoms with Gasteiger partial charge in [0.2, 0.25) is 6.29 Å². The van der Waals surface area contributed by atoms with Gasteiger partial charge in [-0.3, -0.25) is 4.79 Å². The van der Waals surface area contributed by atoms with E-state index in [0.717, 1.165) is 5.56 Å². The van der Waals surface area contributed by atoms with Gasteiger partial charge in [0.25, 0.3) is 5.91 Å². The summed E-state index contributed by atoms with van der Waals surface area (Å²) in [4.78, 5) is 12.8. The van der Waals surface area contributed by atoms with E-state index >= 15 is 0 Å². The molecule has 2 aromatic rings. The maximum atomic E-state index is 12.8. The van der Waals surface area contributed by atoms with Crippen molar-refractivity contribution >= 4 is 5.91 Å². The topological polar surface area (TPSA) is 101 Å². The first-order valence-electron chi connectivity index (χ1n) is 9.25. The van der Waals surface area contributed by atoms with Crippen LogP contribution in [-0.2, 0) is 20.9 Å². The van der Waals surface area contributed by atoms with E-state index in [1.165, 1.54) is 7.11 Å². The zero-order valence-corrected chi connectivity index (χ0v) is 16.6. The minimum Gasteiger partial charge on any atom is -0.485 e. The molecular weight excluding hydrogens is 372 g/mol. The third kappa shape index (κ3) is 4.57. The highest BCUT2D eigenvalue weighted by Gasteiger charge is 2.44. The highest BCUT2D eigenvalue weighted by molar-refractivity contribution is 5.80. The van der Waals surface area contributed by atoms with E-state index in [1.54, 1.807) is 32.0 Å².